The average molecular weight is 373 g/mol. The Bertz CT molecular complexity index is 1390. The van der Waals surface area contributed by atoms with Crippen molar-refractivity contribution in [2.45, 2.75) is 13.8 Å². The van der Waals surface area contributed by atoms with Gasteiger partial charge in [-0.05, 0) is 78.9 Å². The predicted octanol–water partition coefficient (Wildman–Crippen LogP) is 4.99. The third-order valence-corrected chi connectivity index (χ3v) is 3.59. The summed E-state index contributed by atoms with van der Waals surface area (Å²) >= 11 is 0. The van der Waals surface area contributed by atoms with Crippen molar-refractivity contribution >= 4 is 29.2 Å². The molecule has 0 radical (unpaired) electrons. The van der Waals surface area contributed by atoms with Gasteiger partial charge in [-0.25, -0.2) is 4.98 Å². The van der Waals surface area contributed by atoms with E-state index in [1.165, 1.54) is 30.5 Å². The number of rotatable bonds is 5. The topological polar surface area (TPSA) is 97.4 Å². The SMILES string of the molecule is [2H]c1c([2H])c(Nc2nccc(Nc3c(C)cc(/C=C/C#N)cc3C([2H])([2H])[2H])n2)c([2H])c([2H])c1C#N. The Balaban J connectivity index is 2.01. The summed E-state index contributed by atoms with van der Waals surface area (Å²) in [6.45, 7) is -0.752. The van der Waals surface area contributed by atoms with Crippen LogP contribution in [0, 0.1) is 36.4 Å². The van der Waals surface area contributed by atoms with Crippen LogP contribution < -0.4 is 10.6 Å². The van der Waals surface area contributed by atoms with Crippen LogP contribution in [-0.4, -0.2) is 9.97 Å². The van der Waals surface area contributed by atoms with Crippen LogP contribution >= 0.6 is 0 Å². The molecule has 0 saturated heterocycles. The first-order valence-corrected chi connectivity index (χ1v) is 8.06. The first kappa shape index (κ1) is 11.5. The molecule has 2 aromatic carbocycles. The summed E-state index contributed by atoms with van der Waals surface area (Å²) in [7, 11) is 0. The van der Waals surface area contributed by atoms with Crippen molar-refractivity contribution in [2.75, 3.05) is 10.6 Å². The van der Waals surface area contributed by atoms with E-state index in [0.717, 1.165) is 0 Å². The molecule has 0 aliphatic heterocycles. The summed E-state index contributed by atoms with van der Waals surface area (Å²) in [5, 5.41) is 23.5. The Morgan fingerprint density at radius 2 is 1.93 bits per heavy atom. The van der Waals surface area contributed by atoms with Gasteiger partial charge in [0, 0.05) is 27.8 Å². The maximum Gasteiger partial charge on any atom is 0.229 e. The third-order valence-electron chi connectivity index (χ3n) is 3.59. The van der Waals surface area contributed by atoms with E-state index >= 15 is 0 Å². The molecule has 6 heteroatoms. The molecule has 0 aliphatic carbocycles. The molecule has 3 aromatic rings. The van der Waals surface area contributed by atoms with Gasteiger partial charge in [-0.2, -0.15) is 15.5 Å². The van der Waals surface area contributed by atoms with E-state index in [9.17, 15) is 0 Å². The average Bonchev–Trinajstić information content (AvgIpc) is 2.80. The zero-order valence-electron chi connectivity index (χ0n) is 21.8. The molecule has 136 valence electrons. The minimum Gasteiger partial charge on any atom is -0.340 e. The van der Waals surface area contributed by atoms with E-state index in [-0.39, 0.29) is 28.6 Å². The number of hydrogen-bond acceptors (Lipinski definition) is 6. The molecular weight excluding hydrogens is 348 g/mol. The fourth-order valence-corrected chi connectivity index (χ4v) is 2.37. The molecule has 0 saturated carbocycles. The van der Waals surface area contributed by atoms with E-state index in [0.29, 0.717) is 16.8 Å². The van der Waals surface area contributed by atoms with Gasteiger partial charge in [-0.3, -0.25) is 0 Å². The number of allylic oxidation sites excluding steroid dienone is 1. The lowest BCUT2D eigenvalue weighted by Gasteiger charge is -2.14. The summed E-state index contributed by atoms with van der Waals surface area (Å²) in [5.74, 6) is 0.141. The molecular formula is C22H18N6. The van der Waals surface area contributed by atoms with E-state index in [4.69, 9.17) is 20.1 Å². The number of nitrogens with zero attached hydrogens (tertiary/aromatic N) is 4. The van der Waals surface area contributed by atoms with Crippen LogP contribution in [0.15, 0.2) is 54.6 Å². The highest BCUT2D eigenvalue weighted by Crippen LogP contribution is 2.26. The first-order valence-electron chi connectivity index (χ1n) is 11.6. The fraction of sp³-hybridized carbons (Fsp3) is 0.0909. The summed E-state index contributed by atoms with van der Waals surface area (Å²) in [4.78, 5) is 8.29. The summed E-state index contributed by atoms with van der Waals surface area (Å²) in [5.41, 5.74) is 0.888. The number of hydrogen-bond donors (Lipinski definition) is 2. The molecule has 0 atom stereocenters. The van der Waals surface area contributed by atoms with Crippen molar-refractivity contribution in [3.05, 3.63) is 76.9 Å². The molecule has 1 aromatic heterocycles. The normalized spacial score (nSPS) is 14.3. The highest BCUT2D eigenvalue weighted by molar-refractivity contribution is 5.69. The summed E-state index contributed by atoms with van der Waals surface area (Å²) in [6, 6.07) is 6.30. The highest BCUT2D eigenvalue weighted by Gasteiger charge is 2.07. The second kappa shape index (κ2) is 8.48. The van der Waals surface area contributed by atoms with Gasteiger partial charge in [0.05, 0.1) is 23.2 Å². The van der Waals surface area contributed by atoms with E-state index < -0.39 is 31.0 Å². The Labute approximate surface area is 173 Å². The van der Waals surface area contributed by atoms with Gasteiger partial charge in [0.1, 0.15) is 5.82 Å². The van der Waals surface area contributed by atoms with Crippen molar-refractivity contribution in [1.29, 1.82) is 10.5 Å². The van der Waals surface area contributed by atoms with Gasteiger partial charge in [-0.1, -0.05) is 0 Å². The zero-order chi connectivity index (χ0) is 25.9. The van der Waals surface area contributed by atoms with Crippen molar-refractivity contribution in [3.63, 3.8) is 0 Å². The molecule has 3 rings (SSSR count). The number of aromatic nitrogens is 2. The zero-order valence-corrected chi connectivity index (χ0v) is 14.8. The lowest BCUT2D eigenvalue weighted by molar-refractivity contribution is 1.16. The van der Waals surface area contributed by atoms with Crippen LogP contribution in [0.4, 0.5) is 23.1 Å². The monoisotopic (exact) mass is 373 g/mol. The molecule has 1 heterocycles. The Hall–Kier alpha value is -4.16. The minimum atomic E-state index is -2.46. The molecule has 6 nitrogen and oxygen atoms in total. The first-order chi connectivity index (χ1) is 16.5. The van der Waals surface area contributed by atoms with E-state index in [1.807, 2.05) is 6.07 Å². The van der Waals surface area contributed by atoms with Crippen LogP contribution in [0.2, 0.25) is 0 Å². The number of nitrogens with one attached hydrogen (secondary N) is 2. The van der Waals surface area contributed by atoms with Gasteiger partial charge in [0.15, 0.2) is 0 Å². The second-order valence-electron chi connectivity index (χ2n) is 5.60. The standard InChI is InChI=1S/C22H18N6/c1-15-12-18(4-3-10-23)13-16(2)21(15)27-20-9-11-25-22(28-20)26-19-7-5-17(14-24)6-8-19/h3-9,11-13H,1-2H3,(H2,25,26,27,28)/b4-3+/i1D3,5D,6D,7D,8D. The third kappa shape index (κ3) is 4.51. The maximum absolute atomic E-state index is 9.10. The Morgan fingerprint density at radius 3 is 2.64 bits per heavy atom. The van der Waals surface area contributed by atoms with Gasteiger partial charge < -0.3 is 10.6 Å². The van der Waals surface area contributed by atoms with Crippen molar-refractivity contribution < 1.29 is 9.60 Å². The summed E-state index contributed by atoms with van der Waals surface area (Å²) < 4.78 is 55.8. The number of aryl methyl sites for hydroxylation is 2. The molecule has 0 amide bonds. The fourth-order valence-electron chi connectivity index (χ4n) is 2.37. The number of anilines is 4. The lowest BCUT2D eigenvalue weighted by Crippen LogP contribution is -2.02. The quantitative estimate of drug-likeness (QED) is 0.612. The van der Waals surface area contributed by atoms with Gasteiger partial charge >= 0.3 is 0 Å². The van der Waals surface area contributed by atoms with Crippen LogP contribution in [0.25, 0.3) is 6.08 Å². The molecule has 28 heavy (non-hydrogen) atoms. The van der Waals surface area contributed by atoms with Crippen LogP contribution in [0.3, 0.4) is 0 Å². The lowest BCUT2D eigenvalue weighted by atomic mass is 10.0. The van der Waals surface area contributed by atoms with Crippen molar-refractivity contribution in [3.8, 4) is 12.1 Å². The predicted molar refractivity (Wildman–Crippen MR) is 110 cm³/mol. The van der Waals surface area contributed by atoms with E-state index in [1.54, 1.807) is 19.1 Å². The molecule has 0 unspecified atom stereocenters. The second-order valence-corrected chi connectivity index (χ2v) is 5.60. The minimum absolute atomic E-state index is 0.0230. The highest BCUT2D eigenvalue weighted by atomic mass is 15.1. The van der Waals surface area contributed by atoms with E-state index in [2.05, 4.69) is 20.6 Å². The number of nitriles is 2. The largest absolute Gasteiger partial charge is 0.340 e. The smallest absolute Gasteiger partial charge is 0.229 e. The molecule has 0 aliphatic rings. The molecule has 0 fully saturated rings. The van der Waals surface area contributed by atoms with Crippen molar-refractivity contribution in [1.82, 2.24) is 9.97 Å². The Morgan fingerprint density at radius 1 is 1.14 bits per heavy atom. The molecule has 0 bridgehead atoms. The molecule has 2 N–H and O–H groups in total. The van der Waals surface area contributed by atoms with Gasteiger partial charge in [-0.15, -0.1) is 0 Å². The van der Waals surface area contributed by atoms with Gasteiger partial charge in [0.2, 0.25) is 5.95 Å². The Kier molecular flexibility index (Phi) is 3.49. The van der Waals surface area contributed by atoms with Crippen LogP contribution in [0.5, 0.6) is 0 Å². The molecule has 0 spiro atoms. The summed E-state index contributed by atoms with van der Waals surface area (Å²) in [6.07, 6.45) is 4.13. The number of benzene rings is 2. The van der Waals surface area contributed by atoms with Gasteiger partial charge in [0.25, 0.3) is 0 Å². The van der Waals surface area contributed by atoms with Crippen LogP contribution in [-0.2, 0) is 0 Å². The van der Waals surface area contributed by atoms with Crippen LogP contribution in [0.1, 0.15) is 31.8 Å². The maximum atomic E-state index is 9.10. The van der Waals surface area contributed by atoms with Crippen molar-refractivity contribution in [2.24, 2.45) is 0 Å².